The van der Waals surface area contributed by atoms with Gasteiger partial charge in [0.05, 0.1) is 17.6 Å². The number of carbonyl (C=O) groups is 1. The van der Waals surface area contributed by atoms with E-state index in [-0.39, 0.29) is 16.8 Å². The zero-order chi connectivity index (χ0) is 22.3. The van der Waals surface area contributed by atoms with Gasteiger partial charge in [0.2, 0.25) is 0 Å². The lowest BCUT2D eigenvalue weighted by molar-refractivity contribution is -0.116. The number of benzene rings is 1. The monoisotopic (exact) mass is 420 g/mol. The third kappa shape index (κ3) is 3.69. The largest absolute Gasteiger partial charge is 0.461 e. The summed E-state index contributed by atoms with van der Waals surface area (Å²) in [5, 5.41) is 12.9. The summed E-state index contributed by atoms with van der Waals surface area (Å²) in [7, 11) is 0. The Kier molecular flexibility index (Phi) is 5.53. The third-order valence-corrected chi connectivity index (χ3v) is 6.48. The Morgan fingerprint density at radius 1 is 1.26 bits per heavy atom. The number of halogens is 1. The summed E-state index contributed by atoms with van der Waals surface area (Å²) in [5.41, 5.74) is 2.23. The van der Waals surface area contributed by atoms with Crippen LogP contribution in [0.25, 0.3) is 11.0 Å². The standard InChI is InChI=1S/C25H25FN2O3/c1-13-11-21(30)24-19(26)9-8-17(25(24)31-13)23-18(12-27)14(2)28-15(3)22(23)20(29)10-7-16-5-4-6-16/h8-9,11,16,23,28H,4-7,10H2,1-3H3. The summed E-state index contributed by atoms with van der Waals surface area (Å²) >= 11 is 0. The van der Waals surface area contributed by atoms with Crippen molar-refractivity contribution in [3.8, 4) is 6.07 Å². The summed E-state index contributed by atoms with van der Waals surface area (Å²) < 4.78 is 20.3. The van der Waals surface area contributed by atoms with E-state index in [0.717, 1.165) is 19.3 Å². The SMILES string of the molecule is CC1=C(C#N)C(c2ccc(F)c3c(=O)cc(C)oc23)C(C(=O)CCC2CCC2)=C(C)N1. The predicted molar refractivity (Wildman–Crippen MR) is 116 cm³/mol. The fourth-order valence-corrected chi connectivity index (χ4v) is 4.66. The highest BCUT2D eigenvalue weighted by Gasteiger charge is 2.35. The van der Waals surface area contributed by atoms with Crippen LogP contribution < -0.4 is 10.7 Å². The number of fused-ring (bicyclic) bond motifs is 1. The molecule has 0 bridgehead atoms. The minimum Gasteiger partial charge on any atom is -0.461 e. The molecule has 1 aliphatic heterocycles. The van der Waals surface area contributed by atoms with E-state index in [2.05, 4.69) is 11.4 Å². The topological polar surface area (TPSA) is 83.1 Å². The molecule has 31 heavy (non-hydrogen) atoms. The fraction of sp³-hybridized carbons (Fsp3) is 0.400. The van der Waals surface area contributed by atoms with Crippen LogP contribution in [0.15, 0.2) is 50.0 Å². The smallest absolute Gasteiger partial charge is 0.195 e. The van der Waals surface area contributed by atoms with Crippen molar-refractivity contribution in [2.24, 2.45) is 5.92 Å². The molecule has 5 nitrogen and oxygen atoms in total. The van der Waals surface area contributed by atoms with Crippen LogP contribution in [0.1, 0.15) is 63.2 Å². The van der Waals surface area contributed by atoms with Crippen molar-refractivity contribution < 1.29 is 13.6 Å². The maximum Gasteiger partial charge on any atom is 0.195 e. The van der Waals surface area contributed by atoms with Gasteiger partial charge < -0.3 is 9.73 Å². The first-order chi connectivity index (χ1) is 14.8. The zero-order valence-corrected chi connectivity index (χ0v) is 18.0. The van der Waals surface area contributed by atoms with Crippen molar-refractivity contribution in [1.29, 1.82) is 5.26 Å². The number of nitrogens with one attached hydrogen (secondary N) is 1. The van der Waals surface area contributed by atoms with Gasteiger partial charge in [-0.1, -0.05) is 25.3 Å². The van der Waals surface area contributed by atoms with Crippen molar-refractivity contribution >= 4 is 16.8 Å². The summed E-state index contributed by atoms with van der Waals surface area (Å²) in [6.07, 6.45) is 4.75. The highest BCUT2D eigenvalue weighted by molar-refractivity contribution is 6.00. The van der Waals surface area contributed by atoms with Crippen LogP contribution in [0.5, 0.6) is 0 Å². The molecule has 0 radical (unpaired) electrons. The maximum absolute atomic E-state index is 14.5. The van der Waals surface area contributed by atoms with E-state index >= 15 is 0 Å². The van der Waals surface area contributed by atoms with Crippen molar-refractivity contribution in [2.45, 2.75) is 58.8 Å². The van der Waals surface area contributed by atoms with Gasteiger partial charge in [0.25, 0.3) is 0 Å². The molecule has 2 aromatic rings. The van der Waals surface area contributed by atoms with Crippen LogP contribution in [0, 0.1) is 30.0 Å². The summed E-state index contributed by atoms with van der Waals surface area (Å²) in [5.74, 6) is -0.502. The second-order valence-corrected chi connectivity index (χ2v) is 8.57. The third-order valence-electron chi connectivity index (χ3n) is 6.48. The number of dihydropyridines is 1. The second kappa shape index (κ2) is 8.14. The molecule has 2 heterocycles. The maximum atomic E-state index is 14.5. The van der Waals surface area contributed by atoms with Crippen LogP contribution in [0.2, 0.25) is 0 Å². The van der Waals surface area contributed by atoms with Gasteiger partial charge in [-0.05, 0) is 39.2 Å². The molecule has 6 heteroatoms. The minimum absolute atomic E-state index is 0.0328. The van der Waals surface area contributed by atoms with E-state index in [1.807, 2.05) is 6.92 Å². The van der Waals surface area contributed by atoms with E-state index in [4.69, 9.17) is 4.42 Å². The number of nitrogens with zero attached hydrogens (tertiary/aromatic N) is 1. The summed E-state index contributed by atoms with van der Waals surface area (Å²) in [6, 6.07) is 6.20. The number of rotatable bonds is 5. The summed E-state index contributed by atoms with van der Waals surface area (Å²) in [4.78, 5) is 25.8. The normalized spacial score (nSPS) is 19.3. The molecule has 2 aliphatic rings. The van der Waals surface area contributed by atoms with Crippen LogP contribution >= 0.6 is 0 Å². The van der Waals surface area contributed by atoms with Gasteiger partial charge in [0.1, 0.15) is 22.5 Å². The molecule has 1 aliphatic carbocycles. The van der Waals surface area contributed by atoms with E-state index < -0.39 is 17.2 Å². The lowest BCUT2D eigenvalue weighted by Crippen LogP contribution is -2.28. The molecule has 1 N–H and O–H groups in total. The number of hydrogen-bond acceptors (Lipinski definition) is 5. The first-order valence-corrected chi connectivity index (χ1v) is 10.7. The molecular formula is C25H25FN2O3. The van der Waals surface area contributed by atoms with E-state index in [1.165, 1.54) is 24.6 Å². The number of nitriles is 1. The average Bonchev–Trinajstić information content (AvgIpc) is 2.66. The molecule has 1 aromatic heterocycles. The molecule has 1 atom stereocenters. The Labute approximate surface area is 180 Å². The molecule has 1 aromatic carbocycles. The van der Waals surface area contributed by atoms with Gasteiger partial charge in [-0.15, -0.1) is 0 Å². The van der Waals surface area contributed by atoms with Gasteiger partial charge in [0.15, 0.2) is 11.2 Å². The molecule has 0 spiro atoms. The average molecular weight is 420 g/mol. The van der Waals surface area contributed by atoms with E-state index in [0.29, 0.717) is 46.2 Å². The first-order valence-electron chi connectivity index (χ1n) is 10.7. The Balaban J connectivity index is 1.89. The number of ketones is 1. The predicted octanol–water partition coefficient (Wildman–Crippen LogP) is 5.15. The van der Waals surface area contributed by atoms with Gasteiger partial charge >= 0.3 is 0 Å². The van der Waals surface area contributed by atoms with Crippen LogP contribution in [0.4, 0.5) is 4.39 Å². The Bertz CT molecular complexity index is 1240. The molecule has 0 saturated heterocycles. The van der Waals surface area contributed by atoms with Crippen LogP contribution in [0.3, 0.4) is 0 Å². The fourth-order valence-electron chi connectivity index (χ4n) is 4.66. The number of allylic oxidation sites excluding steroid dienone is 4. The number of carbonyl (C=O) groups excluding carboxylic acids is 1. The molecule has 1 unspecified atom stereocenters. The van der Waals surface area contributed by atoms with E-state index in [9.17, 15) is 19.2 Å². The highest BCUT2D eigenvalue weighted by atomic mass is 19.1. The van der Waals surface area contributed by atoms with Gasteiger partial charge in [-0.25, -0.2) is 4.39 Å². The number of hydrogen-bond donors (Lipinski definition) is 1. The lowest BCUT2D eigenvalue weighted by Gasteiger charge is -2.30. The second-order valence-electron chi connectivity index (χ2n) is 8.57. The van der Waals surface area contributed by atoms with Crippen molar-refractivity contribution in [1.82, 2.24) is 5.32 Å². The van der Waals surface area contributed by atoms with Crippen molar-refractivity contribution in [2.75, 3.05) is 0 Å². The molecule has 0 amide bonds. The number of aryl methyl sites for hydroxylation is 1. The Hall–Kier alpha value is -3.20. The van der Waals surface area contributed by atoms with Gasteiger partial charge in [0, 0.05) is 35.0 Å². The number of Topliss-reactive ketones (excluding diaryl/α,β-unsaturated/α-hetero) is 1. The van der Waals surface area contributed by atoms with Crippen LogP contribution in [-0.4, -0.2) is 5.78 Å². The van der Waals surface area contributed by atoms with E-state index in [1.54, 1.807) is 13.8 Å². The molecule has 160 valence electrons. The quantitative estimate of drug-likeness (QED) is 0.723. The minimum atomic E-state index is -0.715. The Morgan fingerprint density at radius 2 is 2.00 bits per heavy atom. The van der Waals surface area contributed by atoms with Crippen molar-refractivity contribution in [3.05, 3.63) is 68.1 Å². The Morgan fingerprint density at radius 3 is 2.65 bits per heavy atom. The van der Waals surface area contributed by atoms with Crippen molar-refractivity contribution in [3.63, 3.8) is 0 Å². The lowest BCUT2D eigenvalue weighted by atomic mass is 9.76. The molecule has 1 fully saturated rings. The van der Waals surface area contributed by atoms with Crippen LogP contribution in [-0.2, 0) is 4.79 Å². The molecule has 1 saturated carbocycles. The highest BCUT2D eigenvalue weighted by Crippen LogP contribution is 2.42. The zero-order valence-electron chi connectivity index (χ0n) is 18.0. The van der Waals surface area contributed by atoms with Gasteiger partial charge in [-0.2, -0.15) is 5.26 Å². The summed E-state index contributed by atoms with van der Waals surface area (Å²) in [6.45, 7) is 5.21. The molecular weight excluding hydrogens is 395 g/mol. The molecule has 4 rings (SSSR count). The first kappa shape index (κ1) is 21.0. The van der Waals surface area contributed by atoms with Gasteiger partial charge in [-0.3, -0.25) is 9.59 Å².